The third kappa shape index (κ3) is 3.55. The van der Waals surface area contributed by atoms with Gasteiger partial charge in [0.05, 0.1) is 23.6 Å². The lowest BCUT2D eigenvalue weighted by molar-refractivity contribution is -0.134. The molecule has 1 aliphatic carbocycles. The van der Waals surface area contributed by atoms with Crippen LogP contribution in [0.5, 0.6) is 0 Å². The molecule has 0 bridgehead atoms. The van der Waals surface area contributed by atoms with E-state index in [9.17, 15) is 9.18 Å². The van der Waals surface area contributed by atoms with Gasteiger partial charge in [-0.15, -0.1) is 0 Å². The summed E-state index contributed by atoms with van der Waals surface area (Å²) in [6, 6.07) is 8.34. The van der Waals surface area contributed by atoms with Crippen LogP contribution in [-0.4, -0.2) is 45.6 Å². The highest BCUT2D eigenvalue weighted by Crippen LogP contribution is 2.43. The lowest BCUT2D eigenvalue weighted by atomic mass is 10.00. The Morgan fingerprint density at radius 2 is 2.16 bits per heavy atom. The first-order valence-electron chi connectivity index (χ1n) is 11.3. The van der Waals surface area contributed by atoms with Crippen molar-refractivity contribution in [2.45, 2.75) is 45.2 Å². The van der Waals surface area contributed by atoms with Crippen LogP contribution in [0, 0.1) is 0 Å². The second-order valence-corrected chi connectivity index (χ2v) is 8.54. The summed E-state index contributed by atoms with van der Waals surface area (Å²) in [6.07, 6.45) is 7.01. The van der Waals surface area contributed by atoms with Crippen molar-refractivity contribution in [2.24, 2.45) is 0 Å². The molecular weight excluding hydrogens is 405 g/mol. The number of halogens is 1. The molecular formula is C25H28FN5O. The first-order chi connectivity index (χ1) is 15.6. The van der Waals surface area contributed by atoms with Gasteiger partial charge in [0.2, 0.25) is 5.91 Å². The lowest BCUT2D eigenvalue weighted by Crippen LogP contribution is -2.40. The monoisotopic (exact) mass is 433 g/mol. The van der Waals surface area contributed by atoms with Crippen LogP contribution in [0.15, 0.2) is 36.7 Å². The molecule has 3 heterocycles. The number of fused-ring (bicyclic) bond motifs is 2. The van der Waals surface area contributed by atoms with Crippen LogP contribution in [0.4, 0.5) is 4.39 Å². The maximum absolute atomic E-state index is 13.1. The number of carbonyl (C=O) groups is 1. The quantitative estimate of drug-likeness (QED) is 0.605. The smallest absolute Gasteiger partial charge is 0.243 e. The van der Waals surface area contributed by atoms with Gasteiger partial charge in [0.25, 0.3) is 0 Å². The molecule has 0 spiro atoms. The second kappa shape index (κ2) is 8.37. The number of imidazole rings is 1. The van der Waals surface area contributed by atoms with Crippen molar-refractivity contribution in [3.8, 4) is 11.3 Å². The normalized spacial score (nSPS) is 16.5. The van der Waals surface area contributed by atoms with Gasteiger partial charge < -0.3 is 14.8 Å². The van der Waals surface area contributed by atoms with Gasteiger partial charge in [-0.1, -0.05) is 25.1 Å². The number of rotatable bonds is 7. The number of aromatic nitrogens is 3. The van der Waals surface area contributed by atoms with Crippen molar-refractivity contribution >= 4 is 22.3 Å². The van der Waals surface area contributed by atoms with Crippen molar-refractivity contribution in [1.29, 1.82) is 0 Å². The zero-order valence-electron chi connectivity index (χ0n) is 18.6. The van der Waals surface area contributed by atoms with Crippen LogP contribution in [-0.2, 0) is 17.9 Å². The molecule has 0 atom stereocenters. The molecule has 0 radical (unpaired) electrons. The molecule has 1 aromatic carbocycles. The maximum atomic E-state index is 13.1. The highest BCUT2D eigenvalue weighted by molar-refractivity contribution is 5.97. The summed E-state index contributed by atoms with van der Waals surface area (Å²) in [5, 5.41) is 5.24. The van der Waals surface area contributed by atoms with Gasteiger partial charge in [0, 0.05) is 42.9 Å². The topological polar surface area (TPSA) is 63.1 Å². The van der Waals surface area contributed by atoms with Crippen LogP contribution in [0.1, 0.15) is 49.3 Å². The largest absolute Gasteiger partial charge is 0.394 e. The maximum Gasteiger partial charge on any atom is 0.243 e. The third-order valence-corrected chi connectivity index (χ3v) is 6.43. The molecule has 1 amide bonds. The van der Waals surface area contributed by atoms with E-state index in [0.717, 1.165) is 64.1 Å². The summed E-state index contributed by atoms with van der Waals surface area (Å²) in [6.45, 7) is 2.35. The standard InChI is InChI=1S/C25H28FN5O/c1-3-16(12-27-2)21-11-18-5-4-6-19(20(18)13-28-21)24-22-14-30(10-9-26)23(32)15-31(22)25(29-24)17-7-8-17/h4-6,11-13,17,27H,3,7-10,14-15H2,1-2H3/b16-12+. The Bertz CT molecular complexity index is 1210. The lowest BCUT2D eigenvalue weighted by Gasteiger charge is -2.28. The van der Waals surface area contributed by atoms with E-state index in [1.165, 1.54) is 0 Å². The number of alkyl halides is 1. The van der Waals surface area contributed by atoms with Gasteiger partial charge in [-0.25, -0.2) is 9.37 Å². The van der Waals surface area contributed by atoms with Gasteiger partial charge in [-0.3, -0.25) is 9.78 Å². The number of nitrogens with one attached hydrogen (secondary N) is 1. The number of carbonyl (C=O) groups excluding carboxylic acids is 1. The molecule has 166 valence electrons. The highest BCUT2D eigenvalue weighted by Gasteiger charge is 2.35. The Morgan fingerprint density at radius 1 is 1.31 bits per heavy atom. The molecule has 5 rings (SSSR count). The molecule has 2 aromatic heterocycles. The molecule has 6 nitrogen and oxygen atoms in total. The van der Waals surface area contributed by atoms with Gasteiger partial charge in [0.1, 0.15) is 19.0 Å². The fraction of sp³-hybridized carbons (Fsp3) is 0.400. The van der Waals surface area contributed by atoms with Gasteiger partial charge >= 0.3 is 0 Å². The molecule has 2 aliphatic rings. The number of benzene rings is 1. The summed E-state index contributed by atoms with van der Waals surface area (Å²) in [5.41, 5.74) is 5.01. The van der Waals surface area contributed by atoms with E-state index in [4.69, 9.17) is 9.97 Å². The minimum Gasteiger partial charge on any atom is -0.394 e. The Morgan fingerprint density at radius 3 is 2.88 bits per heavy atom. The first kappa shape index (κ1) is 20.7. The number of nitrogens with zero attached hydrogens (tertiary/aromatic N) is 4. The van der Waals surface area contributed by atoms with Crippen LogP contribution in [0.3, 0.4) is 0 Å². The summed E-state index contributed by atoms with van der Waals surface area (Å²) >= 11 is 0. The Kier molecular flexibility index (Phi) is 5.41. The summed E-state index contributed by atoms with van der Waals surface area (Å²) < 4.78 is 15.1. The summed E-state index contributed by atoms with van der Waals surface area (Å²) in [7, 11) is 1.89. The molecule has 1 aliphatic heterocycles. The molecule has 32 heavy (non-hydrogen) atoms. The molecule has 1 fully saturated rings. The molecule has 3 aromatic rings. The summed E-state index contributed by atoms with van der Waals surface area (Å²) in [4.78, 5) is 24.0. The molecule has 1 N–H and O–H groups in total. The van der Waals surface area contributed by atoms with E-state index >= 15 is 0 Å². The van der Waals surface area contributed by atoms with Gasteiger partial charge in [-0.05, 0) is 36.3 Å². The average Bonchev–Trinajstić information content (AvgIpc) is 3.59. The predicted octanol–water partition coefficient (Wildman–Crippen LogP) is 4.26. The van der Waals surface area contributed by atoms with E-state index in [-0.39, 0.29) is 19.0 Å². The average molecular weight is 434 g/mol. The fourth-order valence-corrected chi connectivity index (χ4v) is 4.61. The van der Waals surface area contributed by atoms with Gasteiger partial charge in [0.15, 0.2) is 0 Å². The molecule has 1 saturated carbocycles. The van der Waals surface area contributed by atoms with E-state index in [1.54, 1.807) is 4.90 Å². The van der Waals surface area contributed by atoms with Crippen molar-refractivity contribution in [3.63, 3.8) is 0 Å². The fourth-order valence-electron chi connectivity index (χ4n) is 4.61. The van der Waals surface area contributed by atoms with E-state index in [2.05, 4.69) is 35.0 Å². The molecule has 0 saturated heterocycles. The molecule has 7 heteroatoms. The Balaban J connectivity index is 1.64. The van der Waals surface area contributed by atoms with Gasteiger partial charge in [-0.2, -0.15) is 0 Å². The number of amides is 1. The van der Waals surface area contributed by atoms with E-state index in [1.807, 2.05) is 25.5 Å². The van der Waals surface area contributed by atoms with Crippen LogP contribution in [0.2, 0.25) is 0 Å². The SMILES string of the molecule is CC/C(=C\NC)c1cc2cccc(-c3nc(C4CC4)n4c3CN(CCF)C(=O)C4)c2cn1. The van der Waals surface area contributed by atoms with E-state index in [0.29, 0.717) is 12.5 Å². The summed E-state index contributed by atoms with van der Waals surface area (Å²) in [5.74, 6) is 1.38. The Labute approximate surface area is 187 Å². The second-order valence-electron chi connectivity index (χ2n) is 8.54. The van der Waals surface area contributed by atoms with Crippen LogP contribution < -0.4 is 5.32 Å². The zero-order chi connectivity index (χ0) is 22.2. The zero-order valence-corrected chi connectivity index (χ0v) is 18.6. The van der Waals surface area contributed by atoms with Crippen molar-refractivity contribution in [2.75, 3.05) is 20.3 Å². The third-order valence-electron chi connectivity index (χ3n) is 6.43. The Hall–Kier alpha value is -3.22. The van der Waals surface area contributed by atoms with E-state index < -0.39 is 6.67 Å². The predicted molar refractivity (Wildman–Crippen MR) is 124 cm³/mol. The van der Waals surface area contributed by atoms with Crippen LogP contribution in [0.25, 0.3) is 27.6 Å². The number of hydrogen-bond donors (Lipinski definition) is 1. The van der Waals surface area contributed by atoms with Crippen molar-refractivity contribution < 1.29 is 9.18 Å². The minimum atomic E-state index is -0.536. The molecule has 0 unspecified atom stereocenters. The van der Waals surface area contributed by atoms with Crippen LogP contribution >= 0.6 is 0 Å². The highest BCUT2D eigenvalue weighted by atomic mass is 19.1. The number of pyridine rings is 1. The number of hydrogen-bond acceptors (Lipinski definition) is 4. The minimum absolute atomic E-state index is 0.0337. The first-order valence-corrected chi connectivity index (χ1v) is 11.3. The van der Waals surface area contributed by atoms with Crippen molar-refractivity contribution in [3.05, 3.63) is 53.9 Å². The van der Waals surface area contributed by atoms with Crippen molar-refractivity contribution in [1.82, 2.24) is 24.8 Å². The number of allylic oxidation sites excluding steroid dienone is 1.